The number of benzene rings is 1. The zero-order valence-corrected chi connectivity index (χ0v) is 17.7. The van der Waals surface area contributed by atoms with Crippen molar-refractivity contribution < 1.29 is 23.8 Å². The van der Waals surface area contributed by atoms with Crippen LogP contribution in [0.2, 0.25) is 0 Å². The lowest BCUT2D eigenvalue weighted by atomic mass is 10.3. The topological polar surface area (TPSA) is 96.9 Å². The fraction of sp³-hybridized carbons (Fsp3) is 0.368. The van der Waals surface area contributed by atoms with Gasteiger partial charge in [-0.05, 0) is 19.9 Å². The zero-order valence-electron chi connectivity index (χ0n) is 16.9. The highest BCUT2D eigenvalue weighted by atomic mass is 32.1. The predicted octanol–water partition coefficient (Wildman–Crippen LogP) is 2.16. The molecule has 0 spiro atoms. The number of ether oxygens (including phenoxy) is 3. The summed E-state index contributed by atoms with van der Waals surface area (Å²) in [6.45, 7) is 4.38. The predicted molar refractivity (Wildman–Crippen MR) is 107 cm³/mol. The molecule has 10 heteroatoms. The molecule has 0 aliphatic carbocycles. The van der Waals surface area contributed by atoms with Crippen molar-refractivity contribution >= 4 is 33.4 Å². The second kappa shape index (κ2) is 8.48. The van der Waals surface area contributed by atoms with E-state index in [9.17, 15) is 9.59 Å². The minimum absolute atomic E-state index is 0.0967. The average Bonchev–Trinajstić information content (AvgIpc) is 3.26. The molecule has 0 saturated carbocycles. The van der Waals surface area contributed by atoms with E-state index in [1.807, 2.05) is 13.8 Å². The monoisotopic (exact) mass is 418 g/mol. The van der Waals surface area contributed by atoms with Crippen LogP contribution < -0.4 is 14.3 Å². The smallest absolute Gasteiger partial charge is 0.325 e. The minimum atomic E-state index is -0.482. The maximum atomic E-state index is 12.7. The van der Waals surface area contributed by atoms with Gasteiger partial charge in [-0.2, -0.15) is 10.1 Å². The van der Waals surface area contributed by atoms with Gasteiger partial charge in [0.2, 0.25) is 0 Å². The van der Waals surface area contributed by atoms with E-state index in [1.165, 1.54) is 25.6 Å². The molecular weight excluding hydrogens is 396 g/mol. The second-order valence-electron chi connectivity index (χ2n) is 6.13. The van der Waals surface area contributed by atoms with Crippen LogP contribution in [0.5, 0.6) is 11.5 Å². The third-order valence-corrected chi connectivity index (χ3v) is 5.44. The van der Waals surface area contributed by atoms with Gasteiger partial charge >= 0.3 is 5.97 Å². The van der Waals surface area contributed by atoms with Gasteiger partial charge in [0.05, 0.1) is 31.5 Å². The van der Waals surface area contributed by atoms with E-state index in [0.29, 0.717) is 28.4 Å². The number of hydrogen-bond acceptors (Lipinski definition) is 7. The summed E-state index contributed by atoms with van der Waals surface area (Å²) in [6, 6.07) is 5.22. The summed E-state index contributed by atoms with van der Waals surface area (Å²) in [5.41, 5.74) is 1.81. The highest BCUT2D eigenvalue weighted by Crippen LogP contribution is 2.33. The first-order chi connectivity index (χ1) is 13.9. The number of aromatic nitrogens is 3. The van der Waals surface area contributed by atoms with Crippen molar-refractivity contribution in [2.75, 3.05) is 21.3 Å². The summed E-state index contributed by atoms with van der Waals surface area (Å²) >= 11 is 1.26. The fourth-order valence-corrected chi connectivity index (χ4v) is 3.95. The molecule has 0 N–H and O–H groups in total. The Balaban J connectivity index is 2.18. The van der Waals surface area contributed by atoms with Crippen molar-refractivity contribution in [1.29, 1.82) is 0 Å². The first kappa shape index (κ1) is 20.6. The molecule has 0 aliphatic heterocycles. The number of fused-ring (bicyclic) bond motifs is 1. The molecule has 3 rings (SSSR count). The van der Waals surface area contributed by atoms with Gasteiger partial charge in [-0.3, -0.25) is 14.3 Å². The number of carbonyl (C=O) groups is 2. The SMILES string of the molecule is CCn1nc(C(=O)N=c2sc3cc(OC)c(OC)cc3n2CC(=O)OC)cc1C. The number of rotatable bonds is 6. The molecule has 0 saturated heterocycles. The van der Waals surface area contributed by atoms with Crippen LogP contribution >= 0.6 is 11.3 Å². The third-order valence-electron chi connectivity index (χ3n) is 4.40. The number of nitrogens with zero attached hydrogens (tertiary/aromatic N) is 4. The summed E-state index contributed by atoms with van der Waals surface area (Å²) in [5, 5.41) is 4.28. The largest absolute Gasteiger partial charge is 0.493 e. The third kappa shape index (κ3) is 4.02. The lowest BCUT2D eigenvalue weighted by Gasteiger charge is -2.08. The van der Waals surface area contributed by atoms with E-state index in [-0.39, 0.29) is 12.2 Å². The molecule has 0 fully saturated rings. The van der Waals surface area contributed by atoms with Crippen LogP contribution in [0.15, 0.2) is 23.2 Å². The molecular formula is C19H22N4O5S. The number of methoxy groups -OCH3 is 3. The van der Waals surface area contributed by atoms with Gasteiger partial charge in [0.25, 0.3) is 5.91 Å². The van der Waals surface area contributed by atoms with Gasteiger partial charge in [0.15, 0.2) is 22.0 Å². The molecule has 3 aromatic rings. The number of esters is 1. The number of carbonyl (C=O) groups excluding carboxylic acids is 2. The Morgan fingerprint density at radius 2 is 1.83 bits per heavy atom. The molecule has 2 aromatic heterocycles. The van der Waals surface area contributed by atoms with E-state index >= 15 is 0 Å². The van der Waals surface area contributed by atoms with E-state index < -0.39 is 11.9 Å². The number of hydrogen-bond donors (Lipinski definition) is 0. The molecule has 0 bridgehead atoms. The van der Waals surface area contributed by atoms with Crippen LogP contribution in [-0.2, 0) is 22.6 Å². The van der Waals surface area contributed by atoms with Gasteiger partial charge in [0, 0.05) is 24.4 Å². The molecule has 1 aromatic carbocycles. The number of amides is 1. The van der Waals surface area contributed by atoms with Gasteiger partial charge in [-0.1, -0.05) is 11.3 Å². The van der Waals surface area contributed by atoms with Crippen molar-refractivity contribution in [2.24, 2.45) is 4.99 Å². The fourth-order valence-electron chi connectivity index (χ4n) is 2.91. The zero-order chi connectivity index (χ0) is 21.1. The Morgan fingerprint density at radius 3 is 2.41 bits per heavy atom. The van der Waals surface area contributed by atoms with Crippen LogP contribution in [0.3, 0.4) is 0 Å². The minimum Gasteiger partial charge on any atom is -0.493 e. The van der Waals surface area contributed by atoms with E-state index in [0.717, 1.165) is 10.4 Å². The maximum Gasteiger partial charge on any atom is 0.325 e. The van der Waals surface area contributed by atoms with Crippen molar-refractivity contribution in [1.82, 2.24) is 14.3 Å². The Morgan fingerprint density at radius 1 is 1.14 bits per heavy atom. The molecule has 9 nitrogen and oxygen atoms in total. The van der Waals surface area contributed by atoms with Crippen molar-refractivity contribution in [2.45, 2.75) is 26.9 Å². The van der Waals surface area contributed by atoms with Gasteiger partial charge in [0.1, 0.15) is 6.54 Å². The lowest BCUT2D eigenvalue weighted by molar-refractivity contribution is -0.141. The summed E-state index contributed by atoms with van der Waals surface area (Å²) in [4.78, 5) is 29.3. The van der Waals surface area contributed by atoms with Crippen molar-refractivity contribution in [3.8, 4) is 11.5 Å². The average molecular weight is 418 g/mol. The molecule has 0 radical (unpaired) electrons. The lowest BCUT2D eigenvalue weighted by Crippen LogP contribution is -2.22. The van der Waals surface area contributed by atoms with Gasteiger partial charge < -0.3 is 18.8 Å². The second-order valence-corrected chi connectivity index (χ2v) is 7.13. The van der Waals surface area contributed by atoms with Crippen molar-refractivity contribution in [3.63, 3.8) is 0 Å². The molecule has 154 valence electrons. The number of thiazole rings is 1. The highest BCUT2D eigenvalue weighted by molar-refractivity contribution is 7.16. The first-order valence-electron chi connectivity index (χ1n) is 8.87. The van der Waals surface area contributed by atoms with Crippen LogP contribution in [0.25, 0.3) is 10.2 Å². The first-order valence-corrected chi connectivity index (χ1v) is 9.69. The molecule has 29 heavy (non-hydrogen) atoms. The summed E-state index contributed by atoms with van der Waals surface area (Å²) < 4.78 is 19.6. The van der Waals surface area contributed by atoms with Crippen LogP contribution in [0.1, 0.15) is 23.1 Å². The van der Waals surface area contributed by atoms with Gasteiger partial charge in [-0.15, -0.1) is 0 Å². The Bertz CT molecular complexity index is 1140. The van der Waals surface area contributed by atoms with Crippen LogP contribution in [0.4, 0.5) is 0 Å². The Labute approximate surface area is 171 Å². The summed E-state index contributed by atoms with van der Waals surface area (Å²) in [7, 11) is 4.38. The maximum absolute atomic E-state index is 12.7. The van der Waals surface area contributed by atoms with E-state index in [4.69, 9.17) is 14.2 Å². The van der Waals surface area contributed by atoms with Gasteiger partial charge in [-0.25, -0.2) is 0 Å². The Hall–Kier alpha value is -3.14. The molecule has 0 unspecified atom stereocenters. The molecule has 0 atom stereocenters. The Kier molecular flexibility index (Phi) is 6.02. The van der Waals surface area contributed by atoms with Crippen molar-refractivity contribution in [3.05, 3.63) is 34.4 Å². The van der Waals surface area contributed by atoms with E-state index in [2.05, 4.69) is 10.1 Å². The number of aryl methyl sites for hydroxylation is 2. The normalized spacial score (nSPS) is 11.7. The molecule has 2 heterocycles. The summed E-state index contributed by atoms with van der Waals surface area (Å²) in [5.74, 6) is 0.108. The van der Waals surface area contributed by atoms with E-state index in [1.54, 1.807) is 34.6 Å². The quantitative estimate of drug-likeness (QED) is 0.569. The highest BCUT2D eigenvalue weighted by Gasteiger charge is 2.17. The summed E-state index contributed by atoms with van der Waals surface area (Å²) in [6.07, 6.45) is 0. The molecule has 0 aliphatic rings. The van der Waals surface area contributed by atoms with Crippen LogP contribution in [0, 0.1) is 6.92 Å². The molecule has 1 amide bonds. The standard InChI is InChI=1S/C19H22N4O5S/c1-6-23-11(2)7-12(21-23)18(25)20-19-22(10-17(24)28-5)13-8-14(26-3)15(27-4)9-16(13)29-19/h7-9H,6,10H2,1-5H3. The van der Waals surface area contributed by atoms with Crippen LogP contribution in [-0.4, -0.2) is 47.6 Å².